The third-order valence-corrected chi connectivity index (χ3v) is 0. The maximum absolute atomic E-state index is 3.36. The number of rotatable bonds is 0. The summed E-state index contributed by atoms with van der Waals surface area (Å²) < 4.78 is 0. The highest BCUT2D eigenvalue weighted by Crippen LogP contribution is 1.38. The molecular formula is C7H18. The minimum atomic E-state index is 1.75. The van der Waals surface area contributed by atoms with Crippen molar-refractivity contribution in [3.63, 3.8) is 0 Å². The molecule has 7 heavy (non-hydrogen) atoms. The first-order valence-corrected chi connectivity index (χ1v) is 2.99. The van der Waals surface area contributed by atoms with Crippen molar-refractivity contribution in [3.05, 3.63) is 12.7 Å². The van der Waals surface area contributed by atoms with E-state index in [0.29, 0.717) is 0 Å². The van der Waals surface area contributed by atoms with Crippen LogP contribution in [-0.4, -0.2) is 0 Å². The molecule has 0 aliphatic rings. The second-order valence-electron chi connectivity index (χ2n) is 0.408. The molecule has 46 valence electrons. The Hall–Kier alpha value is -0.260. The highest BCUT2D eigenvalue weighted by molar-refractivity contribution is 4.51. The van der Waals surface area contributed by atoms with Gasteiger partial charge in [-0.3, -0.25) is 0 Å². The minimum Gasteiger partial charge on any atom is -0.103 e. The number of allylic oxidation sites excluding steroid dienone is 1. The van der Waals surface area contributed by atoms with Gasteiger partial charge in [-0.25, -0.2) is 0 Å². The monoisotopic (exact) mass is 102 g/mol. The summed E-state index contributed by atoms with van der Waals surface area (Å²) >= 11 is 0. The Morgan fingerprint density at radius 1 is 1.00 bits per heavy atom. The highest BCUT2D eigenvalue weighted by atomic mass is 13.2. The van der Waals surface area contributed by atoms with E-state index in [1.165, 1.54) is 0 Å². The van der Waals surface area contributed by atoms with Crippen LogP contribution in [0.3, 0.4) is 0 Å². The second kappa shape index (κ2) is 236. The molecule has 0 spiro atoms. The quantitative estimate of drug-likeness (QED) is 0.412. The van der Waals surface area contributed by atoms with Gasteiger partial charge in [0.05, 0.1) is 0 Å². The van der Waals surface area contributed by atoms with E-state index in [9.17, 15) is 0 Å². The third-order valence-electron chi connectivity index (χ3n) is 0. The van der Waals surface area contributed by atoms with Crippen LogP contribution in [0.4, 0.5) is 0 Å². The molecule has 0 atom stereocenters. The average molecular weight is 102 g/mol. The van der Waals surface area contributed by atoms with Gasteiger partial charge in [-0.1, -0.05) is 33.8 Å². The van der Waals surface area contributed by atoms with E-state index in [4.69, 9.17) is 0 Å². The topological polar surface area (TPSA) is 0 Å². The fourth-order valence-corrected chi connectivity index (χ4v) is 0. The minimum absolute atomic E-state index is 1.75. The average Bonchev–Trinajstić information content (AvgIpc) is 1.78. The molecule has 0 unspecified atom stereocenters. The molecule has 0 amide bonds. The molecule has 0 fully saturated rings. The Kier molecular flexibility index (Phi) is 534. The first kappa shape index (κ1) is 15.9. The molecule has 0 aromatic rings. The number of hydrogen-bond acceptors (Lipinski definition) is 0. The van der Waals surface area contributed by atoms with Crippen LogP contribution < -0.4 is 0 Å². The lowest BCUT2D eigenvalue weighted by atomic mass is 10.8. The Morgan fingerprint density at radius 3 is 1.00 bits per heavy atom. The van der Waals surface area contributed by atoms with Crippen LogP contribution >= 0.6 is 0 Å². The molecule has 0 rings (SSSR count). The van der Waals surface area contributed by atoms with E-state index in [0.717, 1.165) is 0 Å². The van der Waals surface area contributed by atoms with Crippen LogP contribution in [0, 0.1) is 0 Å². The van der Waals surface area contributed by atoms with Crippen molar-refractivity contribution in [1.29, 1.82) is 0 Å². The standard InChI is InChI=1S/C3H6.2C2H6/c1-3-2;2*1-2/h3H,1H2,2H3;2*1-2H3. The van der Waals surface area contributed by atoms with Crippen molar-refractivity contribution in [2.24, 2.45) is 0 Å². The molecule has 0 radical (unpaired) electrons. The van der Waals surface area contributed by atoms with Crippen molar-refractivity contribution in [2.75, 3.05) is 0 Å². The summed E-state index contributed by atoms with van der Waals surface area (Å²) in [7, 11) is 0. The van der Waals surface area contributed by atoms with Gasteiger partial charge in [-0.2, -0.15) is 0 Å². The zero-order valence-corrected chi connectivity index (χ0v) is 6.28. The fourth-order valence-electron chi connectivity index (χ4n) is 0. The molecule has 0 aliphatic carbocycles. The Balaban J connectivity index is -0.0000000360. The maximum atomic E-state index is 3.36. The lowest BCUT2D eigenvalue weighted by Gasteiger charge is -1.31. The van der Waals surface area contributed by atoms with Gasteiger partial charge in [0, 0.05) is 0 Å². The highest BCUT2D eigenvalue weighted by Gasteiger charge is 1.15. The van der Waals surface area contributed by atoms with Gasteiger partial charge in [0.1, 0.15) is 0 Å². The van der Waals surface area contributed by atoms with Crippen molar-refractivity contribution >= 4 is 0 Å². The van der Waals surface area contributed by atoms with Gasteiger partial charge in [0.15, 0.2) is 0 Å². The lowest BCUT2D eigenvalue weighted by Crippen LogP contribution is -1.07. The van der Waals surface area contributed by atoms with Crippen LogP contribution in [0.2, 0.25) is 0 Å². The summed E-state index contributed by atoms with van der Waals surface area (Å²) in [6, 6.07) is 0. The summed E-state index contributed by atoms with van der Waals surface area (Å²) in [5.41, 5.74) is 0. The van der Waals surface area contributed by atoms with Crippen molar-refractivity contribution < 1.29 is 0 Å². The predicted molar refractivity (Wildman–Crippen MR) is 38.6 cm³/mol. The number of hydrogen-bond donors (Lipinski definition) is 0. The van der Waals surface area contributed by atoms with E-state index in [1.807, 2.05) is 34.6 Å². The summed E-state index contributed by atoms with van der Waals surface area (Å²) in [4.78, 5) is 0. The van der Waals surface area contributed by atoms with Crippen LogP contribution in [0.5, 0.6) is 0 Å². The van der Waals surface area contributed by atoms with Crippen LogP contribution in [0.1, 0.15) is 34.6 Å². The van der Waals surface area contributed by atoms with Gasteiger partial charge in [0.2, 0.25) is 0 Å². The molecule has 0 saturated carbocycles. The van der Waals surface area contributed by atoms with Crippen molar-refractivity contribution in [1.82, 2.24) is 0 Å². The molecule has 0 aliphatic heterocycles. The molecule has 0 aromatic heterocycles. The van der Waals surface area contributed by atoms with Gasteiger partial charge in [-0.15, -0.1) is 6.58 Å². The Morgan fingerprint density at radius 2 is 1.00 bits per heavy atom. The van der Waals surface area contributed by atoms with Crippen molar-refractivity contribution in [2.45, 2.75) is 34.6 Å². The summed E-state index contributed by atoms with van der Waals surface area (Å²) in [5, 5.41) is 0. The van der Waals surface area contributed by atoms with Gasteiger partial charge in [-0.05, 0) is 6.92 Å². The molecule has 0 N–H and O–H groups in total. The molecule has 0 heteroatoms. The molecule has 0 aromatic carbocycles. The smallest absolute Gasteiger partial charge is 0.0473 e. The van der Waals surface area contributed by atoms with Crippen LogP contribution in [0.25, 0.3) is 0 Å². The predicted octanol–water partition coefficient (Wildman–Crippen LogP) is 3.24. The van der Waals surface area contributed by atoms with E-state index < -0.39 is 0 Å². The first-order chi connectivity index (χ1) is 3.41. The fraction of sp³-hybridized carbons (Fsp3) is 0.714. The zero-order valence-electron chi connectivity index (χ0n) is 6.28. The van der Waals surface area contributed by atoms with E-state index in [1.54, 1.807) is 6.08 Å². The van der Waals surface area contributed by atoms with Crippen LogP contribution in [-0.2, 0) is 0 Å². The third kappa shape index (κ3) is 1190. The molecule has 0 bridgehead atoms. The normalized spacial score (nSPS) is 3.57. The molecule has 0 heterocycles. The first-order valence-electron chi connectivity index (χ1n) is 2.99. The van der Waals surface area contributed by atoms with Gasteiger partial charge < -0.3 is 0 Å². The molecule has 0 nitrogen and oxygen atoms in total. The zero-order chi connectivity index (χ0) is 6.71. The lowest BCUT2D eigenvalue weighted by molar-refractivity contribution is 1.50. The molecule has 0 saturated heterocycles. The summed E-state index contributed by atoms with van der Waals surface area (Å²) in [6.45, 7) is 13.2. The summed E-state index contributed by atoms with van der Waals surface area (Å²) in [6.07, 6.45) is 1.75. The van der Waals surface area contributed by atoms with Crippen LogP contribution in [0.15, 0.2) is 12.7 Å². The second-order valence-corrected chi connectivity index (χ2v) is 0.408. The van der Waals surface area contributed by atoms with E-state index in [2.05, 4.69) is 6.58 Å². The Bertz CT molecular complexity index is 7.51. The van der Waals surface area contributed by atoms with E-state index in [-0.39, 0.29) is 0 Å². The maximum Gasteiger partial charge on any atom is -0.0473 e. The molecular weight excluding hydrogens is 84.1 g/mol. The van der Waals surface area contributed by atoms with Crippen molar-refractivity contribution in [3.8, 4) is 0 Å². The van der Waals surface area contributed by atoms with E-state index >= 15 is 0 Å². The SMILES string of the molecule is C=CC.CC.CC. The Labute approximate surface area is 48.3 Å². The largest absolute Gasteiger partial charge is 0.103 e. The van der Waals surface area contributed by atoms with Gasteiger partial charge in [0.25, 0.3) is 0 Å². The van der Waals surface area contributed by atoms with Gasteiger partial charge >= 0.3 is 0 Å². The summed E-state index contributed by atoms with van der Waals surface area (Å²) in [5.74, 6) is 0.